The van der Waals surface area contributed by atoms with Crippen LogP contribution in [0.5, 0.6) is 0 Å². The Labute approximate surface area is 99.0 Å². The molecule has 0 saturated carbocycles. The Hall–Kier alpha value is -1.30. The lowest BCUT2D eigenvalue weighted by Gasteiger charge is -2.34. The van der Waals surface area contributed by atoms with Crippen molar-refractivity contribution < 1.29 is 4.79 Å². The van der Waals surface area contributed by atoms with Crippen LogP contribution >= 0.6 is 11.5 Å². The zero-order chi connectivity index (χ0) is 11.7. The number of hydrogen-bond acceptors (Lipinski definition) is 5. The van der Waals surface area contributed by atoms with E-state index in [-0.39, 0.29) is 5.91 Å². The fraction of sp³-hybridized carbons (Fsp3) is 0.600. The third-order valence-corrected chi connectivity index (χ3v) is 3.97. The fourth-order valence-electron chi connectivity index (χ4n) is 1.86. The monoisotopic (exact) mass is 240 g/mol. The molecule has 1 amide bonds. The number of rotatable bonds is 1. The van der Waals surface area contributed by atoms with E-state index in [2.05, 4.69) is 9.27 Å². The van der Waals surface area contributed by atoms with E-state index in [4.69, 9.17) is 5.73 Å². The third kappa shape index (κ3) is 1.97. The number of carbonyl (C=O) groups is 1. The standard InChI is InChI=1S/C10H16N4OS/c1-7-9(11)12-16-10(7)14-5-3-13(4-6-14)8(2)15/h3-6H2,1-2H3,(H2,11,12). The maximum atomic E-state index is 11.2. The predicted octanol–water partition coefficient (Wildman–Crippen LogP) is 0.702. The van der Waals surface area contributed by atoms with Crippen LogP contribution in [-0.2, 0) is 4.79 Å². The Morgan fingerprint density at radius 1 is 1.38 bits per heavy atom. The molecule has 0 bridgehead atoms. The van der Waals surface area contributed by atoms with Gasteiger partial charge in [0.15, 0.2) is 0 Å². The van der Waals surface area contributed by atoms with E-state index in [9.17, 15) is 4.79 Å². The van der Waals surface area contributed by atoms with Gasteiger partial charge in [-0.2, -0.15) is 4.37 Å². The highest BCUT2D eigenvalue weighted by molar-refractivity contribution is 7.10. The fourth-order valence-corrected chi connectivity index (χ4v) is 2.72. The Balaban J connectivity index is 2.04. The lowest BCUT2D eigenvalue weighted by molar-refractivity contribution is -0.129. The molecule has 0 atom stereocenters. The molecule has 16 heavy (non-hydrogen) atoms. The van der Waals surface area contributed by atoms with Crippen molar-refractivity contribution in [2.75, 3.05) is 36.8 Å². The van der Waals surface area contributed by atoms with E-state index < -0.39 is 0 Å². The van der Waals surface area contributed by atoms with Crippen molar-refractivity contribution >= 4 is 28.3 Å². The smallest absolute Gasteiger partial charge is 0.219 e. The summed E-state index contributed by atoms with van der Waals surface area (Å²) in [6, 6.07) is 0. The Kier molecular flexibility index (Phi) is 3.00. The second-order valence-corrected chi connectivity index (χ2v) is 4.74. The Morgan fingerprint density at radius 2 is 2.00 bits per heavy atom. The minimum Gasteiger partial charge on any atom is -0.383 e. The molecular formula is C10H16N4OS. The van der Waals surface area contributed by atoms with Crippen molar-refractivity contribution in [3.63, 3.8) is 0 Å². The zero-order valence-electron chi connectivity index (χ0n) is 9.56. The molecule has 1 fully saturated rings. The molecule has 1 aromatic heterocycles. The second-order valence-electron chi connectivity index (χ2n) is 3.99. The van der Waals surface area contributed by atoms with E-state index in [0.29, 0.717) is 5.82 Å². The number of nitrogens with zero attached hydrogens (tertiary/aromatic N) is 3. The van der Waals surface area contributed by atoms with Gasteiger partial charge in [0.25, 0.3) is 0 Å². The highest BCUT2D eigenvalue weighted by atomic mass is 32.1. The van der Waals surface area contributed by atoms with E-state index in [1.165, 1.54) is 11.5 Å². The average molecular weight is 240 g/mol. The van der Waals surface area contributed by atoms with Gasteiger partial charge in [-0.05, 0) is 18.5 Å². The van der Waals surface area contributed by atoms with Gasteiger partial charge in [-0.3, -0.25) is 4.79 Å². The van der Waals surface area contributed by atoms with Crippen molar-refractivity contribution in [1.29, 1.82) is 0 Å². The molecule has 0 aromatic carbocycles. The first kappa shape index (κ1) is 11.2. The van der Waals surface area contributed by atoms with Crippen LogP contribution in [0.25, 0.3) is 0 Å². The van der Waals surface area contributed by atoms with Crippen LogP contribution in [0.15, 0.2) is 0 Å². The number of nitrogens with two attached hydrogens (primary N) is 1. The van der Waals surface area contributed by atoms with Crippen molar-refractivity contribution in [2.45, 2.75) is 13.8 Å². The molecule has 2 rings (SSSR count). The second kappa shape index (κ2) is 4.29. The molecule has 5 nitrogen and oxygen atoms in total. The predicted molar refractivity (Wildman–Crippen MR) is 65.7 cm³/mol. The molecule has 1 aromatic rings. The molecule has 2 heterocycles. The molecule has 2 N–H and O–H groups in total. The first-order valence-electron chi connectivity index (χ1n) is 5.32. The number of nitrogen functional groups attached to an aromatic ring is 1. The van der Waals surface area contributed by atoms with E-state index in [1.54, 1.807) is 6.92 Å². The summed E-state index contributed by atoms with van der Waals surface area (Å²) in [6.45, 7) is 6.90. The van der Waals surface area contributed by atoms with Crippen LogP contribution in [-0.4, -0.2) is 41.4 Å². The van der Waals surface area contributed by atoms with Crippen LogP contribution in [0, 0.1) is 6.92 Å². The summed E-state index contributed by atoms with van der Waals surface area (Å²) >= 11 is 1.44. The molecule has 1 aliphatic heterocycles. The normalized spacial score (nSPS) is 16.6. The number of aromatic nitrogens is 1. The van der Waals surface area contributed by atoms with Gasteiger partial charge in [0.1, 0.15) is 10.8 Å². The van der Waals surface area contributed by atoms with Gasteiger partial charge in [0.2, 0.25) is 5.91 Å². The maximum absolute atomic E-state index is 11.2. The molecule has 0 spiro atoms. The summed E-state index contributed by atoms with van der Waals surface area (Å²) in [7, 11) is 0. The van der Waals surface area contributed by atoms with E-state index >= 15 is 0 Å². The number of piperazine rings is 1. The Morgan fingerprint density at radius 3 is 2.44 bits per heavy atom. The SMILES string of the molecule is CC(=O)N1CCN(c2snc(N)c2C)CC1. The van der Waals surface area contributed by atoms with Crippen molar-refractivity contribution in [3.8, 4) is 0 Å². The van der Waals surface area contributed by atoms with Crippen LogP contribution in [0.2, 0.25) is 0 Å². The van der Waals surface area contributed by atoms with Crippen LogP contribution in [0.3, 0.4) is 0 Å². The lowest BCUT2D eigenvalue weighted by Crippen LogP contribution is -2.48. The van der Waals surface area contributed by atoms with Gasteiger partial charge < -0.3 is 15.5 Å². The molecule has 1 aliphatic rings. The molecule has 1 saturated heterocycles. The zero-order valence-corrected chi connectivity index (χ0v) is 10.4. The minimum absolute atomic E-state index is 0.153. The average Bonchev–Trinajstić information content (AvgIpc) is 2.60. The van der Waals surface area contributed by atoms with Crippen LogP contribution < -0.4 is 10.6 Å². The van der Waals surface area contributed by atoms with Gasteiger partial charge in [0, 0.05) is 38.7 Å². The molecular weight excluding hydrogens is 224 g/mol. The third-order valence-electron chi connectivity index (χ3n) is 2.95. The molecule has 0 aliphatic carbocycles. The van der Waals surface area contributed by atoms with E-state index in [0.717, 1.165) is 36.7 Å². The van der Waals surface area contributed by atoms with Crippen molar-refractivity contribution in [1.82, 2.24) is 9.27 Å². The maximum Gasteiger partial charge on any atom is 0.219 e. The van der Waals surface area contributed by atoms with Crippen LogP contribution in [0.4, 0.5) is 10.8 Å². The molecule has 88 valence electrons. The molecule has 6 heteroatoms. The summed E-state index contributed by atoms with van der Waals surface area (Å²) < 4.78 is 4.14. The first-order valence-corrected chi connectivity index (χ1v) is 6.09. The number of anilines is 2. The minimum atomic E-state index is 0.153. The van der Waals surface area contributed by atoms with Gasteiger partial charge in [-0.25, -0.2) is 0 Å². The summed E-state index contributed by atoms with van der Waals surface area (Å²) in [4.78, 5) is 15.3. The summed E-state index contributed by atoms with van der Waals surface area (Å²) in [5, 5.41) is 1.14. The summed E-state index contributed by atoms with van der Waals surface area (Å²) in [5.41, 5.74) is 6.79. The van der Waals surface area contributed by atoms with Crippen molar-refractivity contribution in [2.24, 2.45) is 0 Å². The molecule has 0 unspecified atom stereocenters. The Bertz CT molecular complexity index is 396. The van der Waals surface area contributed by atoms with Crippen molar-refractivity contribution in [3.05, 3.63) is 5.56 Å². The quantitative estimate of drug-likeness (QED) is 0.785. The van der Waals surface area contributed by atoms with Gasteiger partial charge in [0.05, 0.1) is 0 Å². The lowest BCUT2D eigenvalue weighted by atomic mass is 10.3. The first-order chi connectivity index (χ1) is 7.59. The largest absolute Gasteiger partial charge is 0.383 e. The highest BCUT2D eigenvalue weighted by Crippen LogP contribution is 2.30. The van der Waals surface area contributed by atoms with Crippen LogP contribution in [0.1, 0.15) is 12.5 Å². The topological polar surface area (TPSA) is 62.5 Å². The van der Waals surface area contributed by atoms with Gasteiger partial charge in [-0.1, -0.05) is 0 Å². The molecule has 0 radical (unpaired) electrons. The van der Waals surface area contributed by atoms with Gasteiger partial charge >= 0.3 is 0 Å². The number of amides is 1. The van der Waals surface area contributed by atoms with Gasteiger partial charge in [-0.15, -0.1) is 0 Å². The summed E-state index contributed by atoms with van der Waals surface area (Å²) in [6.07, 6.45) is 0. The number of hydrogen-bond donors (Lipinski definition) is 1. The summed E-state index contributed by atoms with van der Waals surface area (Å²) in [5.74, 6) is 0.772. The number of carbonyl (C=O) groups excluding carboxylic acids is 1. The highest BCUT2D eigenvalue weighted by Gasteiger charge is 2.21. The van der Waals surface area contributed by atoms with E-state index in [1.807, 2.05) is 11.8 Å².